The fourth-order valence-electron chi connectivity index (χ4n) is 1.63. The molecule has 0 saturated heterocycles. The number of carbonyl (C=O) groups excluding carboxylic acids is 1. The topological polar surface area (TPSA) is 66.4 Å². The first-order valence-corrected chi connectivity index (χ1v) is 7.41. The summed E-state index contributed by atoms with van der Waals surface area (Å²) in [6.07, 6.45) is -0.114. The molecule has 0 radical (unpaired) electrons. The lowest BCUT2D eigenvalue weighted by molar-refractivity contribution is -0.138. The van der Waals surface area contributed by atoms with Gasteiger partial charge in [0.15, 0.2) is 0 Å². The van der Waals surface area contributed by atoms with Crippen molar-refractivity contribution in [3.63, 3.8) is 0 Å². The minimum Gasteiger partial charge on any atom is -0.481 e. The molecule has 0 aromatic heterocycles. The second-order valence-corrected chi connectivity index (χ2v) is 7.01. The standard InChI is InChI=1S/C14H18ClNO3S/c1-9(20-11-6-4-10(15)5-7-11)13(19)16-14(2,3)8-12(17)18/h4-7,9H,8H2,1-3H3,(H,16,19)(H,17,18). The summed E-state index contributed by atoms with van der Waals surface area (Å²) in [4.78, 5) is 23.7. The quantitative estimate of drug-likeness (QED) is 0.791. The third kappa shape index (κ3) is 5.84. The highest BCUT2D eigenvalue weighted by Gasteiger charge is 2.26. The molecule has 1 aromatic carbocycles. The average molecular weight is 316 g/mol. The number of hydrogen-bond acceptors (Lipinski definition) is 3. The molecule has 2 N–H and O–H groups in total. The van der Waals surface area contributed by atoms with Crippen LogP contribution < -0.4 is 5.32 Å². The van der Waals surface area contributed by atoms with Gasteiger partial charge >= 0.3 is 5.97 Å². The average Bonchev–Trinajstić information content (AvgIpc) is 2.29. The lowest BCUT2D eigenvalue weighted by atomic mass is 10.0. The Hall–Kier alpha value is -1.20. The molecule has 1 rings (SSSR count). The van der Waals surface area contributed by atoms with Gasteiger partial charge in [-0.25, -0.2) is 0 Å². The summed E-state index contributed by atoms with van der Waals surface area (Å²) < 4.78 is 0. The molecule has 1 atom stereocenters. The van der Waals surface area contributed by atoms with Crippen molar-refractivity contribution in [3.8, 4) is 0 Å². The van der Waals surface area contributed by atoms with Gasteiger partial charge in [0.05, 0.1) is 11.7 Å². The van der Waals surface area contributed by atoms with Gasteiger partial charge in [-0.15, -0.1) is 11.8 Å². The third-order valence-electron chi connectivity index (χ3n) is 2.55. The molecule has 1 unspecified atom stereocenters. The first-order chi connectivity index (χ1) is 9.19. The zero-order chi connectivity index (χ0) is 15.3. The fraction of sp³-hybridized carbons (Fsp3) is 0.429. The summed E-state index contributed by atoms with van der Waals surface area (Å²) in [5.74, 6) is -1.12. The van der Waals surface area contributed by atoms with Crippen molar-refractivity contribution < 1.29 is 14.7 Å². The number of rotatable bonds is 6. The molecule has 0 spiro atoms. The Morgan fingerprint density at radius 2 is 1.90 bits per heavy atom. The van der Waals surface area contributed by atoms with Gasteiger partial charge in [-0.2, -0.15) is 0 Å². The molecule has 0 heterocycles. The number of carboxylic acid groups (broad SMARTS) is 1. The van der Waals surface area contributed by atoms with Crippen LogP contribution in [0.15, 0.2) is 29.2 Å². The first kappa shape index (κ1) is 16.9. The number of carboxylic acids is 1. The van der Waals surface area contributed by atoms with Crippen LogP contribution in [0.2, 0.25) is 5.02 Å². The largest absolute Gasteiger partial charge is 0.481 e. The van der Waals surface area contributed by atoms with Crippen molar-refractivity contribution in [1.29, 1.82) is 0 Å². The van der Waals surface area contributed by atoms with Crippen LogP contribution in [0.5, 0.6) is 0 Å². The van der Waals surface area contributed by atoms with E-state index in [9.17, 15) is 9.59 Å². The maximum absolute atomic E-state index is 12.1. The predicted molar refractivity (Wildman–Crippen MR) is 81.2 cm³/mol. The van der Waals surface area contributed by atoms with E-state index in [-0.39, 0.29) is 17.6 Å². The highest BCUT2D eigenvalue weighted by Crippen LogP contribution is 2.25. The minimum absolute atomic E-state index is 0.114. The number of amides is 1. The van der Waals surface area contributed by atoms with E-state index in [1.54, 1.807) is 32.9 Å². The second-order valence-electron chi connectivity index (χ2n) is 5.16. The Balaban J connectivity index is 2.58. The normalized spacial score (nSPS) is 12.8. The number of halogens is 1. The minimum atomic E-state index is -0.937. The summed E-state index contributed by atoms with van der Waals surface area (Å²) in [6, 6.07) is 7.23. The van der Waals surface area contributed by atoms with Gasteiger partial charge in [0.25, 0.3) is 0 Å². The number of hydrogen-bond donors (Lipinski definition) is 2. The SMILES string of the molecule is CC(Sc1ccc(Cl)cc1)C(=O)NC(C)(C)CC(=O)O. The van der Waals surface area contributed by atoms with Crippen LogP contribution in [-0.4, -0.2) is 27.8 Å². The van der Waals surface area contributed by atoms with E-state index in [1.807, 2.05) is 12.1 Å². The van der Waals surface area contributed by atoms with Crippen molar-refractivity contribution in [2.75, 3.05) is 0 Å². The highest BCUT2D eigenvalue weighted by atomic mass is 35.5. The zero-order valence-corrected chi connectivity index (χ0v) is 13.2. The van der Waals surface area contributed by atoms with E-state index in [4.69, 9.17) is 16.7 Å². The maximum Gasteiger partial charge on any atom is 0.305 e. The Morgan fingerprint density at radius 3 is 2.40 bits per heavy atom. The van der Waals surface area contributed by atoms with E-state index in [0.717, 1.165) is 4.90 Å². The summed E-state index contributed by atoms with van der Waals surface area (Å²) in [5.41, 5.74) is -0.766. The van der Waals surface area contributed by atoms with Crippen molar-refractivity contribution in [1.82, 2.24) is 5.32 Å². The molecule has 0 aliphatic heterocycles. The molecule has 4 nitrogen and oxygen atoms in total. The van der Waals surface area contributed by atoms with Crippen LogP contribution in [-0.2, 0) is 9.59 Å². The third-order valence-corrected chi connectivity index (χ3v) is 3.91. The van der Waals surface area contributed by atoms with E-state index in [2.05, 4.69) is 5.32 Å². The smallest absolute Gasteiger partial charge is 0.305 e. The van der Waals surface area contributed by atoms with Gasteiger partial charge < -0.3 is 10.4 Å². The number of thioether (sulfide) groups is 1. The van der Waals surface area contributed by atoms with E-state index < -0.39 is 11.5 Å². The van der Waals surface area contributed by atoms with Crippen molar-refractivity contribution in [2.45, 2.75) is 42.9 Å². The number of nitrogens with one attached hydrogen (secondary N) is 1. The number of carbonyl (C=O) groups is 2. The second kappa shape index (κ2) is 6.99. The lowest BCUT2D eigenvalue weighted by Gasteiger charge is -2.26. The molecule has 110 valence electrons. The Bertz CT molecular complexity index is 488. The number of benzene rings is 1. The van der Waals surface area contributed by atoms with Gasteiger partial charge in [-0.3, -0.25) is 9.59 Å². The fourth-order valence-corrected chi connectivity index (χ4v) is 2.62. The molecular formula is C14H18ClNO3S. The molecule has 0 aliphatic carbocycles. The van der Waals surface area contributed by atoms with Gasteiger partial charge in [-0.05, 0) is 45.0 Å². The van der Waals surface area contributed by atoms with Crippen molar-refractivity contribution in [3.05, 3.63) is 29.3 Å². The predicted octanol–water partition coefficient (Wildman–Crippen LogP) is 3.19. The summed E-state index contributed by atoms with van der Waals surface area (Å²) >= 11 is 7.20. The summed E-state index contributed by atoms with van der Waals surface area (Å²) in [5, 5.41) is 11.9. The Labute approximate surface area is 127 Å². The molecule has 1 aromatic rings. The Morgan fingerprint density at radius 1 is 1.35 bits per heavy atom. The lowest BCUT2D eigenvalue weighted by Crippen LogP contribution is -2.47. The van der Waals surface area contributed by atoms with Gasteiger partial charge in [0.1, 0.15) is 0 Å². The summed E-state index contributed by atoms with van der Waals surface area (Å²) in [6.45, 7) is 5.17. The molecule has 0 aliphatic rings. The molecule has 0 fully saturated rings. The first-order valence-electron chi connectivity index (χ1n) is 6.16. The number of aliphatic carboxylic acids is 1. The van der Waals surface area contributed by atoms with Crippen LogP contribution in [0.1, 0.15) is 27.2 Å². The van der Waals surface area contributed by atoms with E-state index in [1.165, 1.54) is 11.8 Å². The van der Waals surface area contributed by atoms with Gasteiger partial charge in [-0.1, -0.05) is 11.6 Å². The van der Waals surface area contributed by atoms with Gasteiger partial charge in [0.2, 0.25) is 5.91 Å². The Kier molecular flexibility index (Phi) is 5.89. The van der Waals surface area contributed by atoms with Crippen LogP contribution >= 0.6 is 23.4 Å². The molecule has 0 saturated carbocycles. The van der Waals surface area contributed by atoms with Crippen LogP contribution in [0.3, 0.4) is 0 Å². The van der Waals surface area contributed by atoms with Crippen LogP contribution in [0, 0.1) is 0 Å². The molecule has 0 bridgehead atoms. The molecular weight excluding hydrogens is 298 g/mol. The summed E-state index contributed by atoms with van der Waals surface area (Å²) in [7, 11) is 0. The molecule has 20 heavy (non-hydrogen) atoms. The van der Waals surface area contributed by atoms with Crippen molar-refractivity contribution in [2.24, 2.45) is 0 Å². The highest BCUT2D eigenvalue weighted by molar-refractivity contribution is 8.00. The monoisotopic (exact) mass is 315 g/mol. The molecule has 1 amide bonds. The van der Waals surface area contributed by atoms with Gasteiger partial charge in [0, 0.05) is 15.5 Å². The van der Waals surface area contributed by atoms with Crippen LogP contribution in [0.25, 0.3) is 0 Å². The van der Waals surface area contributed by atoms with E-state index in [0.29, 0.717) is 5.02 Å². The molecule has 6 heteroatoms. The maximum atomic E-state index is 12.1. The van der Waals surface area contributed by atoms with Crippen molar-refractivity contribution >= 4 is 35.2 Å². The van der Waals surface area contributed by atoms with E-state index >= 15 is 0 Å². The van der Waals surface area contributed by atoms with Crippen LogP contribution in [0.4, 0.5) is 0 Å². The zero-order valence-electron chi connectivity index (χ0n) is 11.6.